The van der Waals surface area contributed by atoms with Crippen molar-refractivity contribution >= 4 is 23.0 Å². The summed E-state index contributed by atoms with van der Waals surface area (Å²) in [6.07, 6.45) is 3.68. The minimum absolute atomic E-state index is 0.423. The Hall–Kier alpha value is -2.01. The van der Waals surface area contributed by atoms with Crippen molar-refractivity contribution in [1.29, 1.82) is 0 Å². The second kappa shape index (κ2) is 7.13. The van der Waals surface area contributed by atoms with Crippen LogP contribution in [0.5, 0.6) is 0 Å². The van der Waals surface area contributed by atoms with Gasteiger partial charge in [-0.15, -0.1) is 0 Å². The van der Waals surface area contributed by atoms with Crippen LogP contribution in [0.2, 0.25) is 0 Å². The lowest BCUT2D eigenvalue weighted by atomic mass is 10.1. The Morgan fingerprint density at radius 3 is 2.81 bits per heavy atom. The topological polar surface area (TPSA) is 55.0 Å². The molecule has 0 saturated heterocycles. The van der Waals surface area contributed by atoms with E-state index in [0.29, 0.717) is 4.99 Å². The van der Waals surface area contributed by atoms with E-state index in [0.717, 1.165) is 42.0 Å². The third kappa shape index (κ3) is 4.23. The quantitative estimate of drug-likeness (QED) is 0.831. The maximum absolute atomic E-state index is 5.67. The average molecular weight is 300 g/mol. The standard InChI is InChI=1S/C16H20N4S/c1-3-5-14-9-15(19-11-18-14)20(2)10-12-6-4-7-13(8-12)16(17)21/h4,6-9,11H,3,5,10H2,1-2H3,(H2,17,21). The molecule has 0 atom stereocenters. The van der Waals surface area contributed by atoms with Crippen molar-refractivity contribution in [3.05, 3.63) is 53.5 Å². The largest absolute Gasteiger partial charge is 0.389 e. The van der Waals surface area contributed by atoms with Crippen LogP contribution >= 0.6 is 12.2 Å². The van der Waals surface area contributed by atoms with Gasteiger partial charge < -0.3 is 10.6 Å². The normalized spacial score (nSPS) is 10.4. The summed E-state index contributed by atoms with van der Waals surface area (Å²) >= 11 is 5.02. The Morgan fingerprint density at radius 1 is 1.29 bits per heavy atom. The maximum Gasteiger partial charge on any atom is 0.132 e. The van der Waals surface area contributed by atoms with E-state index in [9.17, 15) is 0 Å². The molecule has 0 aliphatic carbocycles. The first kappa shape index (κ1) is 15.4. The van der Waals surface area contributed by atoms with Crippen LogP contribution < -0.4 is 10.6 Å². The molecule has 1 aromatic heterocycles. The van der Waals surface area contributed by atoms with Crippen molar-refractivity contribution < 1.29 is 0 Å². The minimum atomic E-state index is 0.423. The van der Waals surface area contributed by atoms with Crippen LogP contribution in [0.3, 0.4) is 0 Å². The molecule has 1 aromatic carbocycles. The molecule has 0 aliphatic heterocycles. The van der Waals surface area contributed by atoms with Crippen LogP contribution in [0, 0.1) is 0 Å². The summed E-state index contributed by atoms with van der Waals surface area (Å²) in [7, 11) is 2.02. The number of nitrogens with zero attached hydrogens (tertiary/aromatic N) is 3. The van der Waals surface area contributed by atoms with E-state index in [1.165, 1.54) is 0 Å². The summed E-state index contributed by atoms with van der Waals surface area (Å²) in [5.74, 6) is 0.925. The lowest BCUT2D eigenvalue weighted by Crippen LogP contribution is -2.19. The molecule has 4 nitrogen and oxygen atoms in total. The molecule has 0 aliphatic rings. The van der Waals surface area contributed by atoms with E-state index in [-0.39, 0.29) is 0 Å². The third-order valence-electron chi connectivity index (χ3n) is 3.24. The molecule has 5 heteroatoms. The molecule has 0 spiro atoms. The molecule has 2 aromatic rings. The zero-order chi connectivity index (χ0) is 15.2. The number of rotatable bonds is 6. The molecule has 2 rings (SSSR count). The molecule has 0 amide bonds. The van der Waals surface area contributed by atoms with E-state index < -0.39 is 0 Å². The van der Waals surface area contributed by atoms with Gasteiger partial charge in [0.05, 0.1) is 0 Å². The van der Waals surface area contributed by atoms with Gasteiger partial charge in [-0.1, -0.05) is 43.8 Å². The fourth-order valence-electron chi connectivity index (χ4n) is 2.17. The average Bonchev–Trinajstić information content (AvgIpc) is 2.48. The van der Waals surface area contributed by atoms with Gasteiger partial charge in [0.2, 0.25) is 0 Å². The summed E-state index contributed by atoms with van der Waals surface area (Å²) in [4.78, 5) is 11.1. The van der Waals surface area contributed by atoms with Crippen LogP contribution in [-0.4, -0.2) is 22.0 Å². The zero-order valence-corrected chi connectivity index (χ0v) is 13.2. The molecule has 0 unspecified atom stereocenters. The monoisotopic (exact) mass is 300 g/mol. The van der Waals surface area contributed by atoms with Crippen molar-refractivity contribution in [2.45, 2.75) is 26.3 Å². The van der Waals surface area contributed by atoms with E-state index >= 15 is 0 Å². The van der Waals surface area contributed by atoms with Crippen LogP contribution in [-0.2, 0) is 13.0 Å². The number of anilines is 1. The Kier molecular flexibility index (Phi) is 5.22. The highest BCUT2D eigenvalue weighted by Gasteiger charge is 2.06. The lowest BCUT2D eigenvalue weighted by Gasteiger charge is -2.19. The summed E-state index contributed by atoms with van der Waals surface area (Å²) in [5, 5.41) is 0. The number of hydrogen-bond acceptors (Lipinski definition) is 4. The lowest BCUT2D eigenvalue weighted by molar-refractivity contribution is 0.846. The van der Waals surface area contributed by atoms with Gasteiger partial charge in [-0.25, -0.2) is 9.97 Å². The van der Waals surface area contributed by atoms with Crippen molar-refractivity contribution in [2.75, 3.05) is 11.9 Å². The molecule has 110 valence electrons. The van der Waals surface area contributed by atoms with Gasteiger partial charge in [0.25, 0.3) is 0 Å². The van der Waals surface area contributed by atoms with Crippen LogP contribution in [0.15, 0.2) is 36.7 Å². The molecule has 0 saturated carbocycles. The highest BCUT2D eigenvalue weighted by atomic mass is 32.1. The number of aryl methyl sites for hydroxylation is 1. The van der Waals surface area contributed by atoms with Gasteiger partial charge in [0.15, 0.2) is 0 Å². The molecule has 1 heterocycles. The molecule has 21 heavy (non-hydrogen) atoms. The molecule has 0 bridgehead atoms. The molecular weight excluding hydrogens is 280 g/mol. The van der Waals surface area contributed by atoms with Gasteiger partial charge in [0.1, 0.15) is 17.1 Å². The Balaban J connectivity index is 2.13. The molecule has 0 fully saturated rings. The first-order chi connectivity index (χ1) is 10.1. The van der Waals surface area contributed by atoms with Gasteiger partial charge >= 0.3 is 0 Å². The predicted molar refractivity (Wildman–Crippen MR) is 90.5 cm³/mol. The Labute approximate surface area is 131 Å². The number of nitrogens with two attached hydrogens (primary N) is 1. The van der Waals surface area contributed by atoms with Gasteiger partial charge in [-0.05, 0) is 18.1 Å². The summed E-state index contributed by atoms with van der Waals surface area (Å²) in [6.45, 7) is 2.89. The van der Waals surface area contributed by atoms with Crippen LogP contribution in [0.4, 0.5) is 5.82 Å². The highest BCUT2D eigenvalue weighted by Crippen LogP contribution is 2.15. The number of hydrogen-bond donors (Lipinski definition) is 1. The fourth-order valence-corrected chi connectivity index (χ4v) is 2.29. The van der Waals surface area contributed by atoms with Crippen molar-refractivity contribution in [1.82, 2.24) is 9.97 Å². The van der Waals surface area contributed by atoms with E-state index in [1.807, 2.05) is 31.3 Å². The van der Waals surface area contributed by atoms with E-state index in [1.54, 1.807) is 6.33 Å². The van der Waals surface area contributed by atoms with Gasteiger partial charge in [-0.3, -0.25) is 0 Å². The van der Waals surface area contributed by atoms with Crippen molar-refractivity contribution in [3.63, 3.8) is 0 Å². The zero-order valence-electron chi connectivity index (χ0n) is 12.4. The second-order valence-electron chi connectivity index (χ2n) is 5.04. The maximum atomic E-state index is 5.67. The first-order valence-electron chi connectivity index (χ1n) is 7.01. The second-order valence-corrected chi connectivity index (χ2v) is 5.48. The third-order valence-corrected chi connectivity index (χ3v) is 3.47. The SMILES string of the molecule is CCCc1cc(N(C)Cc2cccc(C(N)=S)c2)ncn1. The Bertz CT molecular complexity index is 627. The first-order valence-corrected chi connectivity index (χ1v) is 7.41. The molecule has 0 radical (unpaired) electrons. The fraction of sp³-hybridized carbons (Fsp3) is 0.312. The van der Waals surface area contributed by atoms with Crippen molar-refractivity contribution in [2.24, 2.45) is 5.73 Å². The van der Waals surface area contributed by atoms with Gasteiger partial charge in [-0.2, -0.15) is 0 Å². The predicted octanol–water partition coefficient (Wildman–Crippen LogP) is 2.70. The highest BCUT2D eigenvalue weighted by molar-refractivity contribution is 7.80. The van der Waals surface area contributed by atoms with Crippen LogP contribution in [0.1, 0.15) is 30.2 Å². The van der Waals surface area contributed by atoms with E-state index in [2.05, 4.69) is 27.9 Å². The molecule has 2 N–H and O–H groups in total. The number of thiocarbonyl (C=S) groups is 1. The van der Waals surface area contributed by atoms with Crippen molar-refractivity contribution in [3.8, 4) is 0 Å². The number of aromatic nitrogens is 2. The minimum Gasteiger partial charge on any atom is -0.389 e. The van der Waals surface area contributed by atoms with Gasteiger partial charge in [0, 0.05) is 30.9 Å². The summed E-state index contributed by atoms with van der Waals surface area (Å²) in [5.41, 5.74) is 8.80. The van der Waals surface area contributed by atoms with Crippen LogP contribution in [0.25, 0.3) is 0 Å². The number of benzene rings is 1. The smallest absolute Gasteiger partial charge is 0.132 e. The summed E-state index contributed by atoms with van der Waals surface area (Å²) < 4.78 is 0. The Morgan fingerprint density at radius 2 is 2.10 bits per heavy atom. The summed E-state index contributed by atoms with van der Waals surface area (Å²) in [6, 6.07) is 10.0. The van der Waals surface area contributed by atoms with E-state index in [4.69, 9.17) is 18.0 Å². The molecular formula is C16H20N4S.